The van der Waals surface area contributed by atoms with Gasteiger partial charge < -0.3 is 15.0 Å². The van der Waals surface area contributed by atoms with Crippen LogP contribution in [0.15, 0.2) is 82.2 Å². The average Bonchev–Trinajstić information content (AvgIpc) is 2.94. The number of rotatable bonds is 12. The maximum Gasteiger partial charge on any atom is 0.264 e. The Kier molecular flexibility index (Phi) is 10.5. The molecule has 0 aromatic heterocycles. The molecule has 0 radical (unpaired) electrons. The van der Waals surface area contributed by atoms with E-state index in [9.17, 15) is 18.0 Å². The van der Waals surface area contributed by atoms with Crippen molar-refractivity contribution in [1.29, 1.82) is 0 Å². The topological polar surface area (TPSA) is 96.0 Å². The molecule has 3 aromatic rings. The Hall–Kier alpha value is -3.37. The second kappa shape index (κ2) is 13.6. The Morgan fingerprint density at radius 2 is 1.59 bits per heavy atom. The highest BCUT2D eigenvalue weighted by molar-refractivity contribution is 9.10. The smallest absolute Gasteiger partial charge is 0.264 e. The number of carbonyl (C=O) groups is 2. The van der Waals surface area contributed by atoms with Gasteiger partial charge >= 0.3 is 0 Å². The van der Waals surface area contributed by atoms with Gasteiger partial charge in [-0.05, 0) is 74.4 Å². The Balaban J connectivity index is 2.01. The first-order valence-corrected chi connectivity index (χ1v) is 14.8. The molecule has 0 aliphatic rings. The van der Waals surface area contributed by atoms with Gasteiger partial charge in [0.1, 0.15) is 18.3 Å². The Morgan fingerprint density at radius 3 is 2.15 bits per heavy atom. The Bertz CT molecular complexity index is 1360. The van der Waals surface area contributed by atoms with Crippen LogP contribution in [-0.2, 0) is 26.2 Å². The van der Waals surface area contributed by atoms with Crippen LogP contribution in [-0.4, -0.2) is 51.4 Å². The van der Waals surface area contributed by atoms with Crippen LogP contribution in [0.3, 0.4) is 0 Å². The predicted octanol–water partition coefficient (Wildman–Crippen LogP) is 4.90. The third-order valence-corrected chi connectivity index (χ3v) is 8.55. The lowest BCUT2D eigenvalue weighted by atomic mass is 10.1. The molecule has 0 fully saturated rings. The van der Waals surface area contributed by atoms with Crippen LogP contribution in [0.5, 0.6) is 5.75 Å². The molecule has 0 aliphatic heterocycles. The minimum absolute atomic E-state index is 0.0601. The van der Waals surface area contributed by atoms with E-state index in [0.717, 1.165) is 26.3 Å². The van der Waals surface area contributed by atoms with Gasteiger partial charge in [-0.25, -0.2) is 8.42 Å². The molecule has 1 atom stereocenters. The van der Waals surface area contributed by atoms with Gasteiger partial charge in [0.05, 0.1) is 17.7 Å². The van der Waals surface area contributed by atoms with E-state index in [1.807, 2.05) is 38.1 Å². The van der Waals surface area contributed by atoms with Crippen LogP contribution in [0.1, 0.15) is 31.4 Å². The molecule has 39 heavy (non-hydrogen) atoms. The summed E-state index contributed by atoms with van der Waals surface area (Å²) in [5, 5.41) is 2.84. The van der Waals surface area contributed by atoms with Crippen molar-refractivity contribution in [1.82, 2.24) is 10.2 Å². The number of carbonyl (C=O) groups excluding carboxylic acids is 2. The van der Waals surface area contributed by atoms with Gasteiger partial charge in [-0.1, -0.05) is 52.7 Å². The minimum Gasteiger partial charge on any atom is -0.497 e. The summed E-state index contributed by atoms with van der Waals surface area (Å²) < 4.78 is 34.9. The molecule has 0 saturated heterocycles. The van der Waals surface area contributed by atoms with Crippen LogP contribution in [0.4, 0.5) is 5.69 Å². The minimum atomic E-state index is -4.12. The maximum atomic E-state index is 13.9. The molecule has 3 rings (SSSR count). The van der Waals surface area contributed by atoms with Crippen molar-refractivity contribution in [2.24, 2.45) is 0 Å². The van der Waals surface area contributed by atoms with Gasteiger partial charge in [-0.3, -0.25) is 13.9 Å². The summed E-state index contributed by atoms with van der Waals surface area (Å²) in [7, 11) is -2.60. The number of anilines is 1. The van der Waals surface area contributed by atoms with Crippen LogP contribution < -0.4 is 14.4 Å². The van der Waals surface area contributed by atoms with E-state index >= 15 is 0 Å². The first kappa shape index (κ1) is 30.2. The molecule has 3 aromatic carbocycles. The lowest BCUT2D eigenvalue weighted by Crippen LogP contribution is -2.51. The highest BCUT2D eigenvalue weighted by Crippen LogP contribution is 2.27. The number of benzene rings is 3. The highest BCUT2D eigenvalue weighted by Gasteiger charge is 2.32. The monoisotopic (exact) mass is 615 g/mol. The van der Waals surface area contributed by atoms with Crippen molar-refractivity contribution >= 4 is 43.5 Å². The second-order valence-electron chi connectivity index (χ2n) is 9.14. The summed E-state index contributed by atoms with van der Waals surface area (Å²) in [6, 6.07) is 19.5. The number of hydrogen-bond acceptors (Lipinski definition) is 5. The fourth-order valence-electron chi connectivity index (χ4n) is 3.88. The third-order valence-electron chi connectivity index (χ3n) is 6.23. The molecular formula is C29H34BrN3O5S. The van der Waals surface area contributed by atoms with E-state index in [1.54, 1.807) is 43.3 Å². The van der Waals surface area contributed by atoms with Crippen LogP contribution in [0.2, 0.25) is 0 Å². The van der Waals surface area contributed by atoms with Crippen molar-refractivity contribution < 1.29 is 22.7 Å². The molecule has 0 bridgehead atoms. The number of amides is 2. The first-order valence-electron chi connectivity index (χ1n) is 12.6. The molecule has 0 spiro atoms. The number of halogens is 1. The normalized spacial score (nSPS) is 11.9. The number of sulfonamides is 1. The molecule has 0 aliphatic carbocycles. The van der Waals surface area contributed by atoms with Crippen LogP contribution in [0, 0.1) is 6.92 Å². The number of nitrogens with zero attached hydrogens (tertiary/aromatic N) is 2. The SMILES string of the molecule is CCCNC(=O)C(C)N(Cc1ccc(Br)cc1)C(=O)CN(c1ccc(OC)cc1)S(=O)(=O)c1ccc(C)cc1. The van der Waals surface area contributed by atoms with Gasteiger partial charge in [-0.15, -0.1) is 0 Å². The zero-order valence-corrected chi connectivity index (χ0v) is 25.0. The number of aryl methyl sites for hydroxylation is 1. The summed E-state index contributed by atoms with van der Waals surface area (Å²) >= 11 is 3.41. The van der Waals surface area contributed by atoms with Crippen molar-refractivity contribution in [3.8, 4) is 5.75 Å². The average molecular weight is 617 g/mol. The van der Waals surface area contributed by atoms with Crippen LogP contribution in [0.25, 0.3) is 0 Å². The quantitative estimate of drug-likeness (QED) is 0.312. The van der Waals surface area contributed by atoms with E-state index in [2.05, 4.69) is 21.2 Å². The number of nitrogens with one attached hydrogen (secondary N) is 1. The van der Waals surface area contributed by atoms with Crippen molar-refractivity contribution in [3.63, 3.8) is 0 Å². The molecular weight excluding hydrogens is 582 g/mol. The zero-order valence-electron chi connectivity index (χ0n) is 22.6. The van der Waals surface area contributed by atoms with Gasteiger partial charge in [0, 0.05) is 17.6 Å². The van der Waals surface area contributed by atoms with Crippen molar-refractivity contribution in [2.45, 2.75) is 44.7 Å². The van der Waals surface area contributed by atoms with Crippen molar-refractivity contribution in [2.75, 3.05) is 24.5 Å². The maximum absolute atomic E-state index is 13.9. The molecule has 1 unspecified atom stereocenters. The second-order valence-corrected chi connectivity index (χ2v) is 11.9. The zero-order chi connectivity index (χ0) is 28.6. The molecule has 10 heteroatoms. The van der Waals surface area contributed by atoms with E-state index in [4.69, 9.17) is 4.74 Å². The van der Waals surface area contributed by atoms with Gasteiger partial charge in [0.2, 0.25) is 11.8 Å². The number of ether oxygens (including phenoxy) is 1. The predicted molar refractivity (Wildman–Crippen MR) is 156 cm³/mol. The van der Waals surface area contributed by atoms with Crippen molar-refractivity contribution in [3.05, 3.63) is 88.4 Å². The molecule has 208 valence electrons. The first-order chi connectivity index (χ1) is 18.6. The third kappa shape index (κ3) is 7.83. The molecule has 0 heterocycles. The summed E-state index contributed by atoms with van der Waals surface area (Å²) in [5.74, 6) is -0.265. The number of methoxy groups -OCH3 is 1. The molecule has 8 nitrogen and oxygen atoms in total. The fraction of sp³-hybridized carbons (Fsp3) is 0.310. The lowest BCUT2D eigenvalue weighted by molar-refractivity contribution is -0.139. The van der Waals surface area contributed by atoms with E-state index in [-0.39, 0.29) is 17.3 Å². The van der Waals surface area contributed by atoms with Gasteiger partial charge in [0.15, 0.2) is 0 Å². The molecule has 1 N–H and O–H groups in total. The fourth-order valence-corrected chi connectivity index (χ4v) is 5.56. The summed E-state index contributed by atoms with van der Waals surface area (Å²) in [6.07, 6.45) is 0.749. The highest BCUT2D eigenvalue weighted by atomic mass is 79.9. The Labute approximate surface area is 239 Å². The number of hydrogen-bond donors (Lipinski definition) is 1. The van der Waals surface area contributed by atoms with E-state index in [0.29, 0.717) is 18.0 Å². The van der Waals surface area contributed by atoms with Crippen LogP contribution >= 0.6 is 15.9 Å². The summed E-state index contributed by atoms with van der Waals surface area (Å²) in [6.45, 7) is 5.57. The summed E-state index contributed by atoms with van der Waals surface area (Å²) in [5.41, 5.74) is 2.02. The standard InChI is InChI=1S/C29H34BrN3O5S/c1-5-18-31-29(35)22(3)32(19-23-8-10-24(30)11-9-23)28(34)20-33(25-12-14-26(38-4)15-13-25)39(36,37)27-16-6-21(2)7-17-27/h6-17,22H,5,18-20H2,1-4H3,(H,31,35). The largest absolute Gasteiger partial charge is 0.497 e. The molecule has 0 saturated carbocycles. The molecule has 2 amide bonds. The van der Waals surface area contributed by atoms with E-state index in [1.165, 1.54) is 24.1 Å². The van der Waals surface area contributed by atoms with E-state index < -0.39 is 28.5 Å². The lowest BCUT2D eigenvalue weighted by Gasteiger charge is -2.32. The van der Waals surface area contributed by atoms with Gasteiger partial charge in [0.25, 0.3) is 10.0 Å². The Morgan fingerprint density at radius 1 is 0.974 bits per heavy atom. The van der Waals surface area contributed by atoms with Gasteiger partial charge in [-0.2, -0.15) is 0 Å². The summed E-state index contributed by atoms with van der Waals surface area (Å²) in [4.78, 5) is 28.3.